The van der Waals surface area contributed by atoms with E-state index >= 15 is 0 Å². The fraction of sp³-hybridized carbons (Fsp3) is 0.0909. The van der Waals surface area contributed by atoms with Crippen molar-refractivity contribution in [1.82, 2.24) is 19.9 Å². The smallest absolute Gasteiger partial charge is 0.211 e. The first-order chi connectivity index (χ1) is 35.1. The summed E-state index contributed by atoms with van der Waals surface area (Å²) in [5, 5.41) is 0. The van der Waals surface area contributed by atoms with Crippen molar-refractivity contribution < 1.29 is 9.59 Å². The Hall–Kier alpha value is -9.18. The van der Waals surface area contributed by atoms with Crippen LogP contribution in [-0.4, -0.2) is 31.5 Å². The second-order valence-corrected chi connectivity index (χ2v) is 19.5. The summed E-state index contributed by atoms with van der Waals surface area (Å²) in [6.07, 6.45) is 6.38. The number of H-pyrrole nitrogens is 2. The molecule has 5 heterocycles. The van der Waals surface area contributed by atoms with Crippen molar-refractivity contribution >= 4 is 57.4 Å². The molecule has 10 bridgehead atoms. The van der Waals surface area contributed by atoms with E-state index in [2.05, 4.69) is 189 Å². The molecular formula is C66H46N4O2. The number of fused-ring (bicyclic) bond motifs is 9. The normalized spacial score (nSPS) is 15.2. The Morgan fingerprint density at radius 3 is 1.28 bits per heavy atom. The fourth-order valence-corrected chi connectivity index (χ4v) is 11.0. The number of ketones is 2. The maximum Gasteiger partial charge on any atom is 0.211 e. The molecule has 6 aromatic carbocycles. The third kappa shape index (κ3) is 7.12. The van der Waals surface area contributed by atoms with Gasteiger partial charge in [-0.1, -0.05) is 161 Å². The van der Waals surface area contributed by atoms with Gasteiger partial charge in [0.15, 0.2) is 0 Å². The maximum absolute atomic E-state index is 13.6. The third-order valence-electron chi connectivity index (χ3n) is 14.7. The molecule has 6 nitrogen and oxygen atoms in total. The molecule has 0 spiro atoms. The summed E-state index contributed by atoms with van der Waals surface area (Å²) in [5.74, 6) is 5.23. The van der Waals surface area contributed by atoms with Crippen LogP contribution in [0.3, 0.4) is 0 Å². The molecule has 0 saturated carbocycles. The number of aryl methyl sites for hydroxylation is 4. The first-order valence-corrected chi connectivity index (χ1v) is 24.4. The number of rotatable bonds is 4. The van der Waals surface area contributed by atoms with Gasteiger partial charge in [-0.25, -0.2) is 9.97 Å². The van der Waals surface area contributed by atoms with E-state index < -0.39 is 11.8 Å². The van der Waals surface area contributed by atoms with Crippen molar-refractivity contribution in [2.24, 2.45) is 0 Å². The van der Waals surface area contributed by atoms with Gasteiger partial charge in [-0.15, -0.1) is 0 Å². The van der Waals surface area contributed by atoms with Crippen LogP contribution in [0.4, 0.5) is 0 Å². The lowest BCUT2D eigenvalue weighted by Gasteiger charge is -2.37. The molecule has 2 unspecified atom stereocenters. The van der Waals surface area contributed by atoms with Crippen LogP contribution >= 0.6 is 0 Å². The van der Waals surface area contributed by atoms with Gasteiger partial charge in [-0.3, -0.25) is 9.59 Å². The first kappa shape index (κ1) is 42.9. The molecule has 0 amide bonds. The van der Waals surface area contributed by atoms with Crippen molar-refractivity contribution in [1.29, 1.82) is 0 Å². The lowest BCUT2D eigenvalue weighted by molar-refractivity contribution is -0.138. The van der Waals surface area contributed by atoms with Crippen LogP contribution in [0, 0.1) is 39.5 Å². The molecule has 6 heteroatoms. The molecule has 14 rings (SSSR count). The molecule has 0 radical (unpaired) electrons. The highest BCUT2D eigenvalue weighted by atomic mass is 16.2. The molecule has 342 valence electrons. The van der Waals surface area contributed by atoms with Gasteiger partial charge < -0.3 is 9.97 Å². The summed E-state index contributed by atoms with van der Waals surface area (Å²) in [5.41, 5.74) is 24.4. The highest BCUT2D eigenvalue weighted by molar-refractivity contribution is 6.45. The number of aromatic amines is 2. The Kier molecular flexibility index (Phi) is 9.98. The highest BCUT2D eigenvalue weighted by Crippen LogP contribution is 2.50. The monoisotopic (exact) mass is 926 g/mol. The number of nitrogens with zero attached hydrogens (tertiary/aromatic N) is 2. The highest BCUT2D eigenvalue weighted by Gasteiger charge is 2.48. The summed E-state index contributed by atoms with van der Waals surface area (Å²) in [6, 6.07) is 56.9. The minimum absolute atomic E-state index is 0.336. The Balaban J connectivity index is 1.13. The zero-order valence-corrected chi connectivity index (χ0v) is 40.2. The molecule has 5 aliphatic rings. The number of carbonyl (C=O) groups is 2. The van der Waals surface area contributed by atoms with E-state index in [0.29, 0.717) is 0 Å². The molecule has 0 saturated heterocycles. The van der Waals surface area contributed by atoms with Crippen LogP contribution in [0.15, 0.2) is 164 Å². The van der Waals surface area contributed by atoms with Crippen LogP contribution in [0.1, 0.15) is 84.7 Å². The Morgan fingerprint density at radius 2 is 0.806 bits per heavy atom. The SMILES string of the molecule is Cc1ccc(-c2c3nc(c(-c4ccc(C)cc4)c4ccc([nH]4)c(-c4ccc(C)cc4)c4nc(c(-c5ccc(C)cc5)c5ccc2[nH]5)C=C4C#Cc2ccc4c(c2)C2C(=O)C(=O)C4c4ccccc42)C=C3)cc1. The fourth-order valence-electron chi connectivity index (χ4n) is 11.0. The number of hydrogen-bond acceptors (Lipinski definition) is 4. The van der Waals surface area contributed by atoms with Crippen molar-refractivity contribution in [2.75, 3.05) is 0 Å². The minimum atomic E-state index is -0.643. The van der Waals surface area contributed by atoms with E-state index in [1.165, 1.54) is 11.1 Å². The van der Waals surface area contributed by atoms with Crippen molar-refractivity contribution in [2.45, 2.75) is 39.5 Å². The summed E-state index contributed by atoms with van der Waals surface area (Å²) in [6.45, 7) is 8.42. The largest absolute Gasteiger partial charge is 0.354 e. The molecule has 9 aromatic rings. The van der Waals surface area contributed by atoms with Crippen LogP contribution in [0.5, 0.6) is 0 Å². The van der Waals surface area contributed by atoms with Gasteiger partial charge in [0.1, 0.15) is 0 Å². The van der Waals surface area contributed by atoms with Gasteiger partial charge in [-0.05, 0) is 127 Å². The molecule has 72 heavy (non-hydrogen) atoms. The molecule has 0 fully saturated rings. The number of aromatic nitrogens is 4. The predicted octanol–water partition coefficient (Wildman–Crippen LogP) is 14.7. The minimum Gasteiger partial charge on any atom is -0.354 e. The number of Topliss-reactive ketones (excluding diaryl/α,β-unsaturated/α-hetero) is 2. The van der Waals surface area contributed by atoms with E-state index in [-0.39, 0.29) is 11.6 Å². The Morgan fingerprint density at radius 1 is 0.403 bits per heavy atom. The van der Waals surface area contributed by atoms with Gasteiger partial charge in [0, 0.05) is 49.9 Å². The number of carbonyl (C=O) groups excluding carboxylic acids is 2. The number of benzene rings is 6. The van der Waals surface area contributed by atoms with Gasteiger partial charge in [0.2, 0.25) is 11.6 Å². The summed E-state index contributed by atoms with van der Waals surface area (Å²) < 4.78 is 0. The van der Waals surface area contributed by atoms with Crippen LogP contribution in [-0.2, 0) is 9.59 Å². The second-order valence-electron chi connectivity index (χ2n) is 19.5. The zero-order valence-electron chi connectivity index (χ0n) is 40.2. The topological polar surface area (TPSA) is 91.5 Å². The van der Waals surface area contributed by atoms with Crippen LogP contribution in [0.2, 0.25) is 0 Å². The predicted molar refractivity (Wildman–Crippen MR) is 292 cm³/mol. The summed E-state index contributed by atoms with van der Waals surface area (Å²) >= 11 is 0. The van der Waals surface area contributed by atoms with Crippen LogP contribution in [0.25, 0.3) is 90.4 Å². The maximum atomic E-state index is 13.6. The summed E-state index contributed by atoms with van der Waals surface area (Å²) in [4.78, 5) is 46.0. The van der Waals surface area contributed by atoms with E-state index in [1.807, 2.05) is 42.5 Å². The average molecular weight is 927 g/mol. The van der Waals surface area contributed by atoms with Gasteiger partial charge in [0.05, 0.1) is 40.2 Å². The second kappa shape index (κ2) is 16.8. The molecule has 3 aromatic heterocycles. The van der Waals surface area contributed by atoms with Crippen molar-refractivity contribution in [3.05, 3.63) is 237 Å². The first-order valence-electron chi connectivity index (χ1n) is 24.4. The lowest BCUT2D eigenvalue weighted by atomic mass is 9.62. The lowest BCUT2D eigenvalue weighted by Crippen LogP contribution is -2.40. The number of nitrogens with one attached hydrogen (secondary N) is 2. The third-order valence-corrected chi connectivity index (χ3v) is 14.7. The molecule has 2 N–H and O–H groups in total. The van der Waals surface area contributed by atoms with E-state index in [9.17, 15) is 9.59 Å². The standard InChI is InChI=1S/C66H46N4O2/c1-37-9-19-42(20-10-37)58-51-29-30-52(67-51)59(43-21-11-38(2)12-22-43)54-33-34-56(69-54)61(45-25-15-40(4)16-26-45)64-46(36-57(70-64)60(55-32-31-53(58)68-55)44-23-13-39(3)14-24-44)27-17-41-18-28-49-50(35-41)63-48-8-6-5-7-47(48)62(49)65(71)66(63)72/h5-16,18-26,28-36,62-63,68-69H,1-4H3. The van der Waals surface area contributed by atoms with Crippen molar-refractivity contribution in [3.63, 3.8) is 0 Å². The summed E-state index contributed by atoms with van der Waals surface area (Å²) in [7, 11) is 0. The van der Waals surface area contributed by atoms with Gasteiger partial charge in [-0.2, -0.15) is 0 Å². The molecule has 2 atom stereocenters. The Labute approximate surface area is 417 Å². The molecule has 2 aliphatic heterocycles. The Bertz CT molecular complexity index is 4100. The van der Waals surface area contributed by atoms with Crippen molar-refractivity contribution in [3.8, 4) is 56.3 Å². The zero-order chi connectivity index (χ0) is 48.8. The molecular weight excluding hydrogens is 881 g/mol. The average Bonchev–Trinajstić information content (AvgIpc) is 4.24. The van der Waals surface area contributed by atoms with Crippen LogP contribution < -0.4 is 0 Å². The van der Waals surface area contributed by atoms with E-state index in [4.69, 9.17) is 9.97 Å². The van der Waals surface area contributed by atoms with Gasteiger partial charge >= 0.3 is 0 Å². The van der Waals surface area contributed by atoms with E-state index in [0.717, 1.165) is 134 Å². The quantitative estimate of drug-likeness (QED) is 0.136. The number of allylic oxidation sites excluding steroid dienone is 1. The molecule has 3 aliphatic carbocycles. The van der Waals surface area contributed by atoms with E-state index in [1.54, 1.807) is 0 Å². The van der Waals surface area contributed by atoms with Gasteiger partial charge in [0.25, 0.3) is 0 Å². The number of hydrogen-bond donors (Lipinski definition) is 2.